The summed E-state index contributed by atoms with van der Waals surface area (Å²) in [6.07, 6.45) is 8.19. The second-order valence-electron chi connectivity index (χ2n) is 12.8. The largest absolute Gasteiger partial charge is 0.258 e. The first kappa shape index (κ1) is 32.5. The number of aryl methyl sites for hydroxylation is 3. The molecule has 0 unspecified atom stereocenters. The maximum Gasteiger partial charge on any atom is 0.164 e. The average molecular weight is 649 g/mol. The Balaban J connectivity index is 1.37. The molecule has 0 spiro atoms. The number of benzene rings is 5. The van der Waals surface area contributed by atoms with Gasteiger partial charge in [-0.15, -0.1) is 0 Å². The van der Waals surface area contributed by atoms with Gasteiger partial charge in [-0.05, 0) is 109 Å². The highest BCUT2D eigenvalue weighted by molar-refractivity contribution is 5.88. The van der Waals surface area contributed by atoms with Gasteiger partial charge in [0.2, 0.25) is 0 Å². The van der Waals surface area contributed by atoms with E-state index in [0.29, 0.717) is 17.5 Å². The highest BCUT2D eigenvalue weighted by atomic mass is 15.0. The first-order chi connectivity index (χ1) is 24.4. The monoisotopic (exact) mass is 648 g/mol. The number of pyridine rings is 1. The van der Waals surface area contributed by atoms with Gasteiger partial charge in [0.1, 0.15) is 0 Å². The molecule has 0 amide bonds. The molecule has 0 aliphatic heterocycles. The summed E-state index contributed by atoms with van der Waals surface area (Å²) in [5.74, 6) is 1.97. The lowest BCUT2D eigenvalue weighted by atomic mass is 9.91. The molecule has 50 heavy (non-hydrogen) atoms. The third kappa shape index (κ3) is 7.20. The van der Waals surface area contributed by atoms with Crippen molar-refractivity contribution in [1.29, 1.82) is 0 Å². The second-order valence-corrected chi connectivity index (χ2v) is 12.8. The number of fused-ring (bicyclic) bond motifs is 1. The molecular formula is C46H40N4. The standard InChI is InChI=1S/C46H40N4/c1-5-6-15-36(43-26-31(2)47-33(4)32(43)3)23-22-34-27-41(40-25-24-35-16-13-14-21-39(35)29-40)30-42(28-34)46-49-44(37-17-9-7-10-18-37)48-45(50-46)38-19-11-8-12-20-38/h5-21,24-30H,22-23H2,1-4H3/b6-5-,36-15+. The van der Waals surface area contributed by atoms with Crippen molar-refractivity contribution < 1.29 is 0 Å². The average Bonchev–Trinajstić information content (AvgIpc) is 3.16. The summed E-state index contributed by atoms with van der Waals surface area (Å²) in [4.78, 5) is 19.8. The number of nitrogens with zero attached hydrogens (tertiary/aromatic N) is 4. The summed E-state index contributed by atoms with van der Waals surface area (Å²) in [6, 6.07) is 44.5. The van der Waals surface area contributed by atoms with Crippen LogP contribution in [0.3, 0.4) is 0 Å². The molecule has 4 nitrogen and oxygen atoms in total. The maximum absolute atomic E-state index is 5.09. The molecule has 5 aromatic carbocycles. The molecule has 0 radical (unpaired) electrons. The van der Waals surface area contributed by atoms with Crippen LogP contribution in [0.1, 0.15) is 41.4 Å². The highest BCUT2D eigenvalue weighted by Crippen LogP contribution is 2.33. The number of allylic oxidation sites excluding steroid dienone is 4. The summed E-state index contributed by atoms with van der Waals surface area (Å²) < 4.78 is 0. The van der Waals surface area contributed by atoms with Crippen molar-refractivity contribution in [2.75, 3.05) is 0 Å². The number of hydrogen-bond acceptors (Lipinski definition) is 4. The van der Waals surface area contributed by atoms with Crippen LogP contribution in [0.25, 0.3) is 61.6 Å². The van der Waals surface area contributed by atoms with Crippen LogP contribution in [0.2, 0.25) is 0 Å². The first-order valence-corrected chi connectivity index (χ1v) is 17.2. The van der Waals surface area contributed by atoms with Gasteiger partial charge in [-0.3, -0.25) is 4.98 Å². The highest BCUT2D eigenvalue weighted by Gasteiger charge is 2.16. The van der Waals surface area contributed by atoms with Gasteiger partial charge in [0.15, 0.2) is 17.5 Å². The van der Waals surface area contributed by atoms with Gasteiger partial charge in [0.25, 0.3) is 0 Å². The Labute approximate surface area is 295 Å². The minimum absolute atomic E-state index is 0.655. The van der Waals surface area contributed by atoms with Crippen LogP contribution in [0.4, 0.5) is 0 Å². The molecule has 0 N–H and O–H groups in total. The summed E-state index contributed by atoms with van der Waals surface area (Å²) in [7, 11) is 0. The lowest BCUT2D eigenvalue weighted by Gasteiger charge is -2.15. The SMILES string of the molecule is C/C=C\C=C(/CCc1cc(-c2ccc3ccccc3c2)cc(-c2nc(-c3ccccc3)nc(-c3ccccc3)n2)c1)c1cc(C)nc(C)c1C. The molecule has 244 valence electrons. The zero-order valence-electron chi connectivity index (χ0n) is 29.1. The van der Waals surface area contributed by atoms with E-state index >= 15 is 0 Å². The van der Waals surface area contributed by atoms with E-state index in [1.807, 2.05) is 60.7 Å². The van der Waals surface area contributed by atoms with Crippen LogP contribution in [-0.2, 0) is 6.42 Å². The van der Waals surface area contributed by atoms with Gasteiger partial charge in [-0.1, -0.05) is 121 Å². The zero-order valence-corrected chi connectivity index (χ0v) is 29.1. The van der Waals surface area contributed by atoms with Gasteiger partial charge in [-0.2, -0.15) is 0 Å². The van der Waals surface area contributed by atoms with E-state index in [4.69, 9.17) is 19.9 Å². The van der Waals surface area contributed by atoms with Crippen molar-refractivity contribution in [1.82, 2.24) is 19.9 Å². The Hall–Kier alpha value is -6.00. The van der Waals surface area contributed by atoms with Crippen LogP contribution in [0.15, 0.2) is 146 Å². The fourth-order valence-corrected chi connectivity index (χ4v) is 6.46. The number of hydrogen-bond donors (Lipinski definition) is 0. The van der Waals surface area contributed by atoms with E-state index < -0.39 is 0 Å². The van der Waals surface area contributed by atoms with E-state index in [2.05, 4.69) is 113 Å². The second kappa shape index (κ2) is 14.6. The molecule has 4 heteroatoms. The third-order valence-electron chi connectivity index (χ3n) is 9.20. The van der Waals surface area contributed by atoms with Crippen molar-refractivity contribution in [3.05, 3.63) is 174 Å². The Kier molecular flexibility index (Phi) is 9.52. The van der Waals surface area contributed by atoms with E-state index in [9.17, 15) is 0 Å². The predicted molar refractivity (Wildman–Crippen MR) is 209 cm³/mol. The van der Waals surface area contributed by atoms with Gasteiger partial charge in [0.05, 0.1) is 0 Å². The summed E-state index contributed by atoms with van der Waals surface area (Å²) >= 11 is 0. The molecule has 0 saturated carbocycles. The van der Waals surface area contributed by atoms with Crippen LogP contribution >= 0.6 is 0 Å². The number of aromatic nitrogens is 4. The van der Waals surface area contributed by atoms with Crippen molar-refractivity contribution in [2.24, 2.45) is 0 Å². The van der Waals surface area contributed by atoms with Crippen molar-refractivity contribution in [3.8, 4) is 45.3 Å². The Morgan fingerprint density at radius 2 is 1.14 bits per heavy atom. The van der Waals surface area contributed by atoms with Gasteiger partial charge in [-0.25, -0.2) is 15.0 Å². The molecule has 0 saturated heterocycles. The Bertz CT molecular complexity index is 2300. The fraction of sp³-hybridized carbons (Fsp3) is 0.130. The van der Waals surface area contributed by atoms with Crippen molar-refractivity contribution >= 4 is 16.3 Å². The fourth-order valence-electron chi connectivity index (χ4n) is 6.46. The molecule has 0 fully saturated rings. The molecule has 0 bridgehead atoms. The smallest absolute Gasteiger partial charge is 0.164 e. The normalized spacial score (nSPS) is 11.8. The van der Waals surface area contributed by atoms with Crippen LogP contribution < -0.4 is 0 Å². The Morgan fingerprint density at radius 1 is 0.540 bits per heavy atom. The van der Waals surface area contributed by atoms with Gasteiger partial charge in [0, 0.05) is 28.1 Å². The molecular weight excluding hydrogens is 609 g/mol. The van der Waals surface area contributed by atoms with Crippen LogP contribution in [0, 0.1) is 20.8 Å². The maximum atomic E-state index is 5.09. The summed E-state index contributed by atoms with van der Waals surface area (Å²) in [5, 5.41) is 2.44. The van der Waals surface area contributed by atoms with Crippen molar-refractivity contribution in [2.45, 2.75) is 40.5 Å². The predicted octanol–water partition coefficient (Wildman–Crippen LogP) is 11.6. The quantitative estimate of drug-likeness (QED) is 0.146. The molecule has 7 aromatic rings. The van der Waals surface area contributed by atoms with Gasteiger partial charge >= 0.3 is 0 Å². The van der Waals surface area contributed by atoms with E-state index in [-0.39, 0.29) is 0 Å². The minimum Gasteiger partial charge on any atom is -0.258 e. The molecule has 2 aromatic heterocycles. The molecule has 7 rings (SSSR count). The Morgan fingerprint density at radius 3 is 1.80 bits per heavy atom. The molecule has 0 aliphatic carbocycles. The van der Waals surface area contributed by atoms with E-state index in [0.717, 1.165) is 52.0 Å². The lowest BCUT2D eigenvalue weighted by molar-refractivity contribution is 1.00. The van der Waals surface area contributed by atoms with E-state index in [1.165, 1.54) is 33.0 Å². The summed E-state index contributed by atoms with van der Waals surface area (Å²) in [6.45, 7) is 8.41. The van der Waals surface area contributed by atoms with Crippen LogP contribution in [0.5, 0.6) is 0 Å². The zero-order chi connectivity index (χ0) is 34.5. The lowest BCUT2D eigenvalue weighted by Crippen LogP contribution is -2.01. The molecule has 0 atom stereocenters. The van der Waals surface area contributed by atoms with Crippen molar-refractivity contribution in [3.63, 3.8) is 0 Å². The topological polar surface area (TPSA) is 51.6 Å². The first-order valence-electron chi connectivity index (χ1n) is 17.2. The number of rotatable bonds is 9. The minimum atomic E-state index is 0.655. The third-order valence-corrected chi connectivity index (χ3v) is 9.20. The van der Waals surface area contributed by atoms with Crippen LogP contribution in [-0.4, -0.2) is 19.9 Å². The molecule has 0 aliphatic rings. The molecule has 2 heterocycles. The van der Waals surface area contributed by atoms with Gasteiger partial charge < -0.3 is 0 Å². The summed E-state index contributed by atoms with van der Waals surface area (Å²) in [5.41, 5.74) is 12.3. The van der Waals surface area contributed by atoms with E-state index in [1.54, 1.807) is 0 Å².